The third kappa shape index (κ3) is 14.6. The van der Waals surface area contributed by atoms with Crippen molar-refractivity contribution >= 4 is 27.7 Å². The molecule has 1 aromatic carbocycles. The molecule has 3 nitrogen and oxygen atoms in total. The standard InChI is InChI=1S/C28H43BrO3/c1-2-3-4-5-6-7-8-9-10-11-12-13-14-15-16-17-18-24-19-21-25(22-20-24)28(32)26(29)23-27(30)31/h19-23H,2-18H2,1H3,(H,30,31)/b26-23+. The summed E-state index contributed by atoms with van der Waals surface area (Å²) in [6.07, 6.45) is 23.9. The number of hydrogen-bond acceptors (Lipinski definition) is 2. The lowest BCUT2D eigenvalue weighted by molar-refractivity contribution is -0.131. The first kappa shape index (κ1) is 28.6. The Morgan fingerprint density at radius 2 is 1.12 bits per heavy atom. The van der Waals surface area contributed by atoms with Crippen LogP contribution in [0.25, 0.3) is 0 Å². The Kier molecular flexibility index (Phi) is 17.1. The van der Waals surface area contributed by atoms with Gasteiger partial charge in [0.05, 0.1) is 4.48 Å². The number of carboxylic acids is 1. The van der Waals surface area contributed by atoms with Gasteiger partial charge in [0.25, 0.3) is 0 Å². The van der Waals surface area contributed by atoms with Crippen molar-refractivity contribution in [3.8, 4) is 0 Å². The minimum absolute atomic E-state index is 0.0653. The van der Waals surface area contributed by atoms with Gasteiger partial charge in [-0.05, 0) is 34.3 Å². The average Bonchev–Trinajstić information content (AvgIpc) is 2.78. The lowest BCUT2D eigenvalue weighted by Crippen LogP contribution is -2.01. The number of aliphatic carboxylic acids is 1. The Morgan fingerprint density at radius 3 is 1.53 bits per heavy atom. The molecule has 1 N–H and O–H groups in total. The van der Waals surface area contributed by atoms with Gasteiger partial charge < -0.3 is 5.11 Å². The maximum atomic E-state index is 12.1. The summed E-state index contributed by atoms with van der Waals surface area (Å²) in [5.41, 5.74) is 1.73. The minimum atomic E-state index is -1.13. The van der Waals surface area contributed by atoms with Crippen molar-refractivity contribution in [3.63, 3.8) is 0 Å². The molecule has 0 saturated heterocycles. The zero-order valence-corrected chi connectivity index (χ0v) is 21.6. The van der Waals surface area contributed by atoms with E-state index >= 15 is 0 Å². The highest BCUT2D eigenvalue weighted by molar-refractivity contribution is 9.12. The molecule has 0 radical (unpaired) electrons. The van der Waals surface area contributed by atoms with E-state index in [-0.39, 0.29) is 10.3 Å². The highest BCUT2D eigenvalue weighted by Gasteiger charge is 2.11. The van der Waals surface area contributed by atoms with Crippen molar-refractivity contribution in [1.29, 1.82) is 0 Å². The van der Waals surface area contributed by atoms with Crippen molar-refractivity contribution in [2.75, 3.05) is 0 Å². The van der Waals surface area contributed by atoms with E-state index in [0.29, 0.717) is 5.56 Å². The van der Waals surface area contributed by atoms with Gasteiger partial charge in [-0.1, -0.05) is 128 Å². The maximum Gasteiger partial charge on any atom is 0.329 e. The highest BCUT2D eigenvalue weighted by atomic mass is 79.9. The predicted octanol–water partition coefficient (Wildman–Crippen LogP) is 9.04. The van der Waals surface area contributed by atoms with Gasteiger partial charge in [-0.25, -0.2) is 4.79 Å². The van der Waals surface area contributed by atoms with E-state index in [0.717, 1.165) is 12.5 Å². The number of allylic oxidation sites excluding steroid dienone is 1. The largest absolute Gasteiger partial charge is 0.478 e. The van der Waals surface area contributed by atoms with Crippen LogP contribution in [0.3, 0.4) is 0 Å². The quantitative estimate of drug-likeness (QED) is 0.109. The maximum absolute atomic E-state index is 12.1. The molecule has 0 aliphatic heterocycles. The van der Waals surface area contributed by atoms with Gasteiger partial charge in [-0.3, -0.25) is 4.79 Å². The Labute approximate surface area is 204 Å². The summed E-state index contributed by atoms with van der Waals surface area (Å²) >= 11 is 3.03. The second kappa shape index (κ2) is 19.1. The van der Waals surface area contributed by atoms with E-state index in [4.69, 9.17) is 5.11 Å². The topological polar surface area (TPSA) is 54.4 Å². The second-order valence-corrected chi connectivity index (χ2v) is 9.76. The summed E-state index contributed by atoms with van der Waals surface area (Å²) in [5, 5.41) is 8.73. The Bertz CT molecular complexity index is 664. The number of Topliss-reactive ketones (excluding diaryl/α,β-unsaturated/α-hetero) is 1. The number of rotatable bonds is 20. The number of ketones is 1. The summed E-state index contributed by atoms with van der Waals surface area (Å²) in [5.74, 6) is -1.44. The summed E-state index contributed by atoms with van der Waals surface area (Å²) < 4.78 is 0.0653. The van der Waals surface area contributed by atoms with Crippen LogP contribution < -0.4 is 0 Å². The van der Waals surface area contributed by atoms with E-state index in [1.54, 1.807) is 12.1 Å². The number of halogens is 1. The van der Waals surface area contributed by atoms with Crippen LogP contribution >= 0.6 is 15.9 Å². The molecule has 1 aromatic rings. The lowest BCUT2D eigenvalue weighted by atomic mass is 10.0. The fourth-order valence-corrected chi connectivity index (χ4v) is 4.44. The monoisotopic (exact) mass is 506 g/mol. The summed E-state index contributed by atoms with van der Waals surface area (Å²) in [6, 6.07) is 7.50. The molecule has 0 bridgehead atoms. The van der Waals surface area contributed by atoms with Gasteiger partial charge in [0.15, 0.2) is 5.78 Å². The van der Waals surface area contributed by atoms with Crippen LogP contribution in [-0.4, -0.2) is 16.9 Å². The van der Waals surface area contributed by atoms with E-state index < -0.39 is 5.97 Å². The fraction of sp³-hybridized carbons (Fsp3) is 0.643. The molecule has 4 heteroatoms. The molecule has 0 aliphatic rings. The van der Waals surface area contributed by atoms with Crippen molar-refractivity contribution in [3.05, 3.63) is 46.0 Å². The third-order valence-corrected chi connectivity index (χ3v) is 6.59. The van der Waals surface area contributed by atoms with E-state index in [9.17, 15) is 9.59 Å². The Hall–Kier alpha value is -1.42. The van der Waals surface area contributed by atoms with Crippen LogP contribution in [0.15, 0.2) is 34.8 Å². The predicted molar refractivity (Wildman–Crippen MR) is 139 cm³/mol. The van der Waals surface area contributed by atoms with Crippen LogP contribution in [0, 0.1) is 0 Å². The van der Waals surface area contributed by atoms with Crippen LogP contribution in [0.2, 0.25) is 0 Å². The zero-order chi connectivity index (χ0) is 23.4. The lowest BCUT2D eigenvalue weighted by Gasteiger charge is -2.05. The zero-order valence-electron chi connectivity index (χ0n) is 20.0. The van der Waals surface area contributed by atoms with Crippen molar-refractivity contribution in [2.24, 2.45) is 0 Å². The molecule has 0 aliphatic carbocycles. The van der Waals surface area contributed by atoms with Crippen LogP contribution in [0.4, 0.5) is 0 Å². The number of aryl methyl sites for hydroxylation is 1. The summed E-state index contributed by atoms with van der Waals surface area (Å²) in [4.78, 5) is 22.8. The van der Waals surface area contributed by atoms with E-state index in [1.807, 2.05) is 12.1 Å². The van der Waals surface area contributed by atoms with Gasteiger partial charge in [0.1, 0.15) is 0 Å². The van der Waals surface area contributed by atoms with Gasteiger partial charge in [0, 0.05) is 11.6 Å². The van der Waals surface area contributed by atoms with Crippen LogP contribution in [-0.2, 0) is 11.2 Å². The number of carbonyl (C=O) groups is 2. The van der Waals surface area contributed by atoms with Crippen molar-refractivity contribution in [1.82, 2.24) is 0 Å². The van der Waals surface area contributed by atoms with Gasteiger partial charge in [-0.2, -0.15) is 0 Å². The molecule has 0 fully saturated rings. The fourth-order valence-electron chi connectivity index (χ4n) is 4.01. The Morgan fingerprint density at radius 1 is 0.719 bits per heavy atom. The molecular formula is C28H43BrO3. The van der Waals surface area contributed by atoms with Gasteiger partial charge in [-0.15, -0.1) is 0 Å². The van der Waals surface area contributed by atoms with Gasteiger partial charge in [0.2, 0.25) is 0 Å². The van der Waals surface area contributed by atoms with Crippen molar-refractivity contribution in [2.45, 2.75) is 116 Å². The SMILES string of the molecule is CCCCCCCCCCCCCCCCCCc1ccc(C(=O)/C(Br)=C\C(=O)O)cc1. The molecule has 180 valence electrons. The number of benzene rings is 1. The van der Waals surface area contributed by atoms with Crippen molar-refractivity contribution < 1.29 is 14.7 Å². The molecule has 0 atom stereocenters. The second-order valence-electron chi connectivity index (χ2n) is 8.91. The minimum Gasteiger partial charge on any atom is -0.478 e. The average molecular weight is 508 g/mol. The smallest absolute Gasteiger partial charge is 0.329 e. The molecule has 0 amide bonds. The van der Waals surface area contributed by atoms with E-state index in [2.05, 4.69) is 22.9 Å². The third-order valence-electron chi connectivity index (χ3n) is 6.00. The number of carbonyl (C=O) groups excluding carboxylic acids is 1. The molecule has 32 heavy (non-hydrogen) atoms. The molecule has 0 saturated carbocycles. The van der Waals surface area contributed by atoms with Crippen LogP contribution in [0.1, 0.15) is 126 Å². The molecule has 0 spiro atoms. The summed E-state index contributed by atoms with van der Waals surface area (Å²) in [7, 11) is 0. The first-order valence-corrected chi connectivity index (χ1v) is 13.6. The molecule has 0 aromatic heterocycles. The summed E-state index contributed by atoms with van der Waals surface area (Å²) in [6.45, 7) is 2.28. The first-order valence-electron chi connectivity index (χ1n) is 12.8. The number of hydrogen-bond donors (Lipinski definition) is 1. The number of unbranched alkanes of at least 4 members (excludes halogenated alkanes) is 15. The van der Waals surface area contributed by atoms with E-state index in [1.165, 1.54) is 108 Å². The van der Waals surface area contributed by atoms with Gasteiger partial charge >= 0.3 is 5.97 Å². The normalized spacial score (nSPS) is 11.6. The molecule has 0 heterocycles. The highest BCUT2D eigenvalue weighted by Crippen LogP contribution is 2.17. The number of carboxylic acid groups (broad SMARTS) is 1. The molecule has 1 rings (SSSR count). The Balaban J connectivity index is 1.98. The molecule has 0 unspecified atom stereocenters. The first-order chi connectivity index (χ1) is 15.5. The van der Waals surface area contributed by atoms with Crippen LogP contribution in [0.5, 0.6) is 0 Å². The molecular weight excluding hydrogens is 464 g/mol.